The number of nitrogens with one attached hydrogen (secondary N) is 2. The van der Waals surface area contributed by atoms with Crippen LogP contribution in [0.1, 0.15) is 40.4 Å². The van der Waals surface area contributed by atoms with Gasteiger partial charge in [-0.05, 0) is 44.2 Å². The number of hydrogen-bond acceptors (Lipinski definition) is 5. The highest BCUT2D eigenvalue weighted by atomic mass is 127. The number of rotatable bonds is 8. The standard InChI is InChI=1S/C21H30N4O2S.HI/c1-22-21(24-14-15-10-11-16(26-2)13-18(15)27-3)23-12-6-9-20-25-17-7-4-5-8-19(17)28-20;/h10-11,13H,4-9,12,14H2,1-3H3,(H2,22,23,24);1H. The first-order valence-electron chi connectivity index (χ1n) is 9.86. The second-order valence-electron chi connectivity index (χ2n) is 6.82. The first-order valence-corrected chi connectivity index (χ1v) is 10.7. The quantitative estimate of drug-likeness (QED) is 0.234. The summed E-state index contributed by atoms with van der Waals surface area (Å²) in [4.78, 5) is 10.6. The maximum Gasteiger partial charge on any atom is 0.191 e. The molecule has 6 nitrogen and oxygen atoms in total. The van der Waals surface area contributed by atoms with Crippen LogP contribution in [0.25, 0.3) is 0 Å². The molecule has 0 aliphatic heterocycles. The summed E-state index contributed by atoms with van der Waals surface area (Å²) in [6.45, 7) is 1.50. The number of thiazole rings is 1. The Balaban J connectivity index is 0.00000300. The molecular formula is C21H31IN4O2S. The van der Waals surface area contributed by atoms with Crippen molar-refractivity contribution in [3.63, 3.8) is 0 Å². The Morgan fingerprint density at radius 1 is 1.17 bits per heavy atom. The van der Waals surface area contributed by atoms with Crippen molar-refractivity contribution in [1.82, 2.24) is 15.6 Å². The van der Waals surface area contributed by atoms with Gasteiger partial charge in [-0.2, -0.15) is 0 Å². The summed E-state index contributed by atoms with van der Waals surface area (Å²) in [6, 6.07) is 5.83. The van der Waals surface area contributed by atoms with Crippen LogP contribution in [0.4, 0.5) is 0 Å². The van der Waals surface area contributed by atoms with Gasteiger partial charge < -0.3 is 20.1 Å². The van der Waals surface area contributed by atoms with E-state index in [-0.39, 0.29) is 24.0 Å². The van der Waals surface area contributed by atoms with Gasteiger partial charge in [0.25, 0.3) is 0 Å². The number of hydrogen-bond donors (Lipinski definition) is 2. The number of fused-ring (bicyclic) bond motifs is 1. The fourth-order valence-electron chi connectivity index (χ4n) is 3.36. The molecule has 160 valence electrons. The van der Waals surface area contributed by atoms with Crippen molar-refractivity contribution in [3.05, 3.63) is 39.3 Å². The first kappa shape index (κ1) is 23.7. The molecule has 1 aromatic carbocycles. The van der Waals surface area contributed by atoms with E-state index in [1.54, 1.807) is 21.3 Å². The van der Waals surface area contributed by atoms with Gasteiger partial charge in [-0.15, -0.1) is 35.3 Å². The van der Waals surface area contributed by atoms with Crippen LogP contribution in [0.2, 0.25) is 0 Å². The minimum absolute atomic E-state index is 0. The lowest BCUT2D eigenvalue weighted by Crippen LogP contribution is -2.37. The van der Waals surface area contributed by atoms with Gasteiger partial charge in [0.15, 0.2) is 5.96 Å². The molecule has 1 aliphatic carbocycles. The van der Waals surface area contributed by atoms with E-state index < -0.39 is 0 Å². The summed E-state index contributed by atoms with van der Waals surface area (Å²) in [5, 5.41) is 8.00. The SMILES string of the molecule is CN=C(NCCCc1nc2c(s1)CCCC2)NCc1ccc(OC)cc1OC.I. The highest BCUT2D eigenvalue weighted by Crippen LogP contribution is 2.27. The molecule has 0 saturated heterocycles. The third-order valence-electron chi connectivity index (χ3n) is 4.91. The van der Waals surface area contributed by atoms with E-state index in [0.717, 1.165) is 48.8 Å². The van der Waals surface area contributed by atoms with Gasteiger partial charge in [-0.25, -0.2) is 4.98 Å². The summed E-state index contributed by atoms with van der Waals surface area (Å²) in [6.07, 6.45) is 7.05. The minimum atomic E-state index is 0. The maximum atomic E-state index is 5.45. The Morgan fingerprint density at radius 2 is 2.00 bits per heavy atom. The van der Waals surface area contributed by atoms with Crippen molar-refractivity contribution in [1.29, 1.82) is 0 Å². The Kier molecular flexibility index (Phi) is 9.99. The van der Waals surface area contributed by atoms with E-state index in [1.165, 1.54) is 34.8 Å². The third kappa shape index (κ3) is 6.74. The third-order valence-corrected chi connectivity index (χ3v) is 6.13. The maximum absolute atomic E-state index is 5.45. The molecule has 1 heterocycles. The van der Waals surface area contributed by atoms with Gasteiger partial charge in [-0.3, -0.25) is 4.99 Å². The van der Waals surface area contributed by atoms with Crippen LogP contribution in [0.15, 0.2) is 23.2 Å². The Bertz CT molecular complexity index is 786. The summed E-state index contributed by atoms with van der Waals surface area (Å²) < 4.78 is 10.7. The Morgan fingerprint density at radius 3 is 2.72 bits per heavy atom. The van der Waals surface area contributed by atoms with Crippen LogP contribution < -0.4 is 20.1 Å². The minimum Gasteiger partial charge on any atom is -0.497 e. The number of guanidine groups is 1. The number of ether oxygens (including phenoxy) is 2. The molecule has 8 heteroatoms. The zero-order chi connectivity index (χ0) is 19.8. The highest BCUT2D eigenvalue weighted by Gasteiger charge is 2.14. The molecular weight excluding hydrogens is 499 g/mol. The predicted octanol–water partition coefficient (Wildman–Crippen LogP) is 3.95. The molecule has 0 radical (unpaired) electrons. The lowest BCUT2D eigenvalue weighted by atomic mass is 10.0. The van der Waals surface area contributed by atoms with Gasteiger partial charge in [0.05, 0.1) is 24.9 Å². The number of nitrogens with zero attached hydrogens (tertiary/aromatic N) is 2. The molecule has 2 N–H and O–H groups in total. The molecule has 0 unspecified atom stereocenters. The summed E-state index contributed by atoms with van der Waals surface area (Å²) in [7, 11) is 5.11. The van der Waals surface area contributed by atoms with E-state index in [9.17, 15) is 0 Å². The van der Waals surface area contributed by atoms with Crippen molar-refractivity contribution >= 4 is 41.3 Å². The van der Waals surface area contributed by atoms with Gasteiger partial charge in [-0.1, -0.05) is 0 Å². The smallest absolute Gasteiger partial charge is 0.191 e. The lowest BCUT2D eigenvalue weighted by molar-refractivity contribution is 0.390. The van der Waals surface area contributed by atoms with Crippen LogP contribution in [0, 0.1) is 0 Å². The van der Waals surface area contributed by atoms with Crippen LogP contribution in [0.5, 0.6) is 11.5 Å². The number of aliphatic imine (C=N–C) groups is 1. The van der Waals surface area contributed by atoms with E-state index in [4.69, 9.17) is 14.5 Å². The Hall–Kier alpha value is -1.55. The summed E-state index contributed by atoms with van der Waals surface area (Å²) in [5.74, 6) is 2.37. The predicted molar refractivity (Wildman–Crippen MR) is 130 cm³/mol. The normalized spacial score (nSPS) is 13.3. The highest BCUT2D eigenvalue weighted by molar-refractivity contribution is 14.0. The molecule has 0 spiro atoms. The van der Waals surface area contributed by atoms with Crippen molar-refractivity contribution in [2.75, 3.05) is 27.8 Å². The number of aromatic nitrogens is 1. The number of methoxy groups -OCH3 is 2. The molecule has 0 bridgehead atoms. The largest absolute Gasteiger partial charge is 0.497 e. The molecule has 0 saturated carbocycles. The molecule has 0 fully saturated rings. The zero-order valence-electron chi connectivity index (χ0n) is 17.4. The number of benzene rings is 1. The van der Waals surface area contributed by atoms with E-state index in [2.05, 4.69) is 15.6 Å². The molecule has 3 rings (SSSR count). The topological polar surface area (TPSA) is 67.8 Å². The van der Waals surface area contributed by atoms with E-state index in [1.807, 2.05) is 29.5 Å². The lowest BCUT2D eigenvalue weighted by Gasteiger charge is -2.14. The number of aryl methyl sites for hydroxylation is 3. The molecule has 0 atom stereocenters. The van der Waals surface area contributed by atoms with Gasteiger partial charge in [0, 0.05) is 43.1 Å². The van der Waals surface area contributed by atoms with Crippen molar-refractivity contribution < 1.29 is 9.47 Å². The van der Waals surface area contributed by atoms with Gasteiger partial charge >= 0.3 is 0 Å². The van der Waals surface area contributed by atoms with Crippen molar-refractivity contribution in [3.8, 4) is 11.5 Å². The van der Waals surface area contributed by atoms with Crippen LogP contribution in [-0.2, 0) is 25.8 Å². The monoisotopic (exact) mass is 530 g/mol. The van der Waals surface area contributed by atoms with E-state index >= 15 is 0 Å². The van der Waals surface area contributed by atoms with Crippen LogP contribution in [0.3, 0.4) is 0 Å². The second-order valence-corrected chi connectivity index (χ2v) is 7.99. The fourth-order valence-corrected chi connectivity index (χ4v) is 4.55. The molecule has 1 aromatic heterocycles. The Labute approximate surface area is 194 Å². The molecule has 0 amide bonds. The van der Waals surface area contributed by atoms with Crippen LogP contribution >= 0.6 is 35.3 Å². The van der Waals surface area contributed by atoms with Crippen LogP contribution in [-0.4, -0.2) is 38.8 Å². The molecule has 1 aliphatic rings. The zero-order valence-corrected chi connectivity index (χ0v) is 20.6. The first-order chi connectivity index (χ1) is 13.7. The van der Waals surface area contributed by atoms with Gasteiger partial charge in [0.1, 0.15) is 11.5 Å². The summed E-state index contributed by atoms with van der Waals surface area (Å²) >= 11 is 1.91. The molecule has 29 heavy (non-hydrogen) atoms. The average Bonchev–Trinajstić information content (AvgIpc) is 3.16. The van der Waals surface area contributed by atoms with Crippen molar-refractivity contribution in [2.45, 2.75) is 45.1 Å². The van der Waals surface area contributed by atoms with E-state index in [0.29, 0.717) is 6.54 Å². The summed E-state index contributed by atoms with van der Waals surface area (Å²) in [5.41, 5.74) is 2.41. The molecule has 2 aromatic rings. The number of halogens is 1. The fraction of sp³-hybridized carbons (Fsp3) is 0.524. The second kappa shape index (κ2) is 12.2. The van der Waals surface area contributed by atoms with Crippen molar-refractivity contribution in [2.24, 2.45) is 4.99 Å². The average molecular weight is 530 g/mol. The van der Waals surface area contributed by atoms with Gasteiger partial charge in [0.2, 0.25) is 0 Å².